The molecule has 1 heterocycles. The second kappa shape index (κ2) is 9.82. The van der Waals surface area contributed by atoms with E-state index in [2.05, 4.69) is 10.8 Å². The molecular weight excluding hydrogens is 485 g/mol. The number of ether oxygens (including phenoxy) is 2. The highest BCUT2D eigenvalue weighted by molar-refractivity contribution is 7.88. The van der Waals surface area contributed by atoms with Gasteiger partial charge in [-0.1, -0.05) is 11.6 Å². The minimum atomic E-state index is -3.17. The number of rotatable bonds is 9. The van der Waals surface area contributed by atoms with E-state index >= 15 is 0 Å². The van der Waals surface area contributed by atoms with Crippen molar-refractivity contribution in [2.75, 3.05) is 25.3 Å². The maximum Gasteiger partial charge on any atom is 0.208 e. The Morgan fingerprint density at radius 1 is 1.21 bits per heavy atom. The number of hydrogen-bond acceptors (Lipinski definition) is 5. The Labute approximate surface area is 202 Å². The van der Waals surface area contributed by atoms with Crippen LogP contribution >= 0.6 is 23.2 Å². The second-order valence-electron chi connectivity index (χ2n) is 8.10. The number of benzene rings is 2. The van der Waals surface area contributed by atoms with Crippen molar-refractivity contribution in [1.29, 1.82) is 5.26 Å². The molecule has 0 atom stereocenters. The van der Waals surface area contributed by atoms with E-state index in [1.165, 1.54) is 6.26 Å². The van der Waals surface area contributed by atoms with Crippen LogP contribution in [0, 0.1) is 17.2 Å². The molecule has 0 amide bonds. The molecule has 10 heteroatoms. The summed E-state index contributed by atoms with van der Waals surface area (Å²) in [5, 5.41) is 10.9. The van der Waals surface area contributed by atoms with Gasteiger partial charge in [0.15, 0.2) is 5.75 Å². The molecule has 4 rings (SSSR count). The number of hydrogen-bond donors (Lipinski definition) is 1. The molecule has 174 valence electrons. The van der Waals surface area contributed by atoms with Crippen LogP contribution in [0.15, 0.2) is 42.6 Å². The van der Waals surface area contributed by atoms with Gasteiger partial charge in [-0.15, -0.1) is 11.6 Å². The molecule has 0 spiro atoms. The number of sulfonamides is 1. The second-order valence-corrected chi connectivity index (χ2v) is 10.7. The minimum Gasteiger partial charge on any atom is -0.493 e. The first-order chi connectivity index (χ1) is 15.8. The van der Waals surface area contributed by atoms with E-state index in [4.69, 9.17) is 32.7 Å². The predicted molar refractivity (Wildman–Crippen MR) is 129 cm³/mol. The van der Waals surface area contributed by atoms with Crippen LogP contribution in [-0.4, -0.2) is 44.4 Å². The molecular formula is C23H23Cl2N3O4S. The molecule has 0 unspecified atom stereocenters. The van der Waals surface area contributed by atoms with Gasteiger partial charge in [0.05, 0.1) is 34.8 Å². The lowest BCUT2D eigenvalue weighted by Crippen LogP contribution is -2.45. The third-order valence-electron chi connectivity index (χ3n) is 5.51. The van der Waals surface area contributed by atoms with Gasteiger partial charge in [0, 0.05) is 23.3 Å². The molecule has 2 aromatic carbocycles. The van der Waals surface area contributed by atoms with Crippen LogP contribution in [0.4, 0.5) is 0 Å². The Morgan fingerprint density at radius 2 is 2.00 bits per heavy atom. The summed E-state index contributed by atoms with van der Waals surface area (Å²) in [4.78, 5) is 0. The number of aromatic nitrogens is 1. The summed E-state index contributed by atoms with van der Waals surface area (Å²) < 4.78 is 38.6. The molecule has 3 aromatic rings. The Morgan fingerprint density at radius 3 is 2.70 bits per heavy atom. The van der Waals surface area contributed by atoms with E-state index in [9.17, 15) is 13.7 Å². The zero-order chi connectivity index (χ0) is 23.6. The first-order valence-electron chi connectivity index (χ1n) is 10.4. The van der Waals surface area contributed by atoms with Crippen molar-refractivity contribution < 1.29 is 17.9 Å². The zero-order valence-electron chi connectivity index (χ0n) is 17.9. The maximum absolute atomic E-state index is 11.3. The van der Waals surface area contributed by atoms with E-state index in [1.807, 2.05) is 35.0 Å². The van der Waals surface area contributed by atoms with Crippen molar-refractivity contribution in [2.24, 2.45) is 5.92 Å². The first-order valence-corrected chi connectivity index (χ1v) is 13.2. The Bertz CT molecular complexity index is 1310. The average Bonchev–Trinajstić information content (AvgIpc) is 3.16. The summed E-state index contributed by atoms with van der Waals surface area (Å²) in [6.07, 6.45) is 4.64. The van der Waals surface area contributed by atoms with Gasteiger partial charge in [-0.05, 0) is 55.2 Å². The molecule has 1 saturated carbocycles. The fourth-order valence-electron chi connectivity index (χ4n) is 4.01. The summed E-state index contributed by atoms with van der Waals surface area (Å²) in [6, 6.07) is 13.4. The lowest BCUT2D eigenvalue weighted by atomic mass is 9.81. The summed E-state index contributed by atoms with van der Waals surface area (Å²) in [7, 11) is -3.17. The molecule has 1 fully saturated rings. The highest BCUT2D eigenvalue weighted by Crippen LogP contribution is 2.34. The topological polar surface area (TPSA) is 93.3 Å². The highest BCUT2D eigenvalue weighted by Gasteiger charge is 2.31. The van der Waals surface area contributed by atoms with Crippen molar-refractivity contribution >= 4 is 44.1 Å². The van der Waals surface area contributed by atoms with Gasteiger partial charge in [-0.3, -0.25) is 0 Å². The number of nitrogens with zero attached hydrogens (tertiary/aromatic N) is 2. The molecule has 0 radical (unpaired) electrons. The smallest absolute Gasteiger partial charge is 0.208 e. The maximum atomic E-state index is 11.3. The fraction of sp³-hybridized carbons (Fsp3) is 0.348. The molecule has 1 aliphatic rings. The van der Waals surface area contributed by atoms with Crippen LogP contribution in [0.3, 0.4) is 0 Å². The normalized spacial score (nSPS) is 18.0. The summed E-state index contributed by atoms with van der Waals surface area (Å²) in [6.45, 7) is 0.805. The van der Waals surface area contributed by atoms with E-state index in [1.54, 1.807) is 12.1 Å². The van der Waals surface area contributed by atoms with Crippen LogP contribution < -0.4 is 14.2 Å². The average molecular weight is 508 g/mol. The van der Waals surface area contributed by atoms with Crippen molar-refractivity contribution in [1.82, 2.24) is 9.29 Å². The number of halogens is 2. The predicted octanol–water partition coefficient (Wildman–Crippen LogP) is 4.48. The largest absolute Gasteiger partial charge is 0.493 e. The standard InChI is InChI=1S/C23H23Cl2N3O4S/c1-33(29,30)27-18-8-15(9-18)14-32-20-2-3-22-16(11-20)4-6-28(22)19-10-17(13-26)23(21(25)12-19)31-7-5-24/h2-4,6,10-12,15,18,27H,5,7-9,14H2,1H3/t15-,18-. The quantitative estimate of drug-likeness (QED) is 0.431. The van der Waals surface area contributed by atoms with Gasteiger partial charge in [0.25, 0.3) is 0 Å². The highest BCUT2D eigenvalue weighted by atomic mass is 35.5. The van der Waals surface area contributed by atoms with Gasteiger partial charge < -0.3 is 14.0 Å². The van der Waals surface area contributed by atoms with E-state index in [0.29, 0.717) is 34.7 Å². The van der Waals surface area contributed by atoms with Gasteiger partial charge in [0.2, 0.25) is 10.0 Å². The number of nitriles is 1. The third-order valence-corrected chi connectivity index (χ3v) is 6.71. The van der Waals surface area contributed by atoms with Gasteiger partial charge >= 0.3 is 0 Å². The molecule has 1 N–H and O–H groups in total. The Balaban J connectivity index is 1.47. The van der Waals surface area contributed by atoms with Crippen molar-refractivity contribution in [3.8, 4) is 23.3 Å². The van der Waals surface area contributed by atoms with E-state index in [-0.39, 0.29) is 12.6 Å². The third kappa shape index (κ3) is 5.56. The van der Waals surface area contributed by atoms with Crippen LogP contribution in [0.5, 0.6) is 11.5 Å². The molecule has 0 aliphatic heterocycles. The number of fused-ring (bicyclic) bond motifs is 1. The molecule has 33 heavy (non-hydrogen) atoms. The molecule has 1 aliphatic carbocycles. The Kier molecular flexibility index (Phi) is 7.05. The summed E-state index contributed by atoms with van der Waals surface area (Å²) in [5.41, 5.74) is 2.03. The van der Waals surface area contributed by atoms with Gasteiger partial charge in [-0.25, -0.2) is 13.1 Å². The molecule has 0 bridgehead atoms. The van der Waals surface area contributed by atoms with Crippen LogP contribution in [-0.2, 0) is 10.0 Å². The molecule has 0 saturated heterocycles. The van der Waals surface area contributed by atoms with Crippen LogP contribution in [0.1, 0.15) is 18.4 Å². The van der Waals surface area contributed by atoms with Crippen molar-refractivity contribution in [3.63, 3.8) is 0 Å². The van der Waals surface area contributed by atoms with Crippen LogP contribution in [0.25, 0.3) is 16.6 Å². The summed E-state index contributed by atoms with van der Waals surface area (Å²) in [5.74, 6) is 1.71. The molecule has 1 aromatic heterocycles. The molecule has 7 nitrogen and oxygen atoms in total. The van der Waals surface area contributed by atoms with Crippen LogP contribution in [0.2, 0.25) is 5.02 Å². The fourth-order valence-corrected chi connectivity index (χ4v) is 5.15. The minimum absolute atomic E-state index is 0.00182. The Hall–Kier alpha value is -2.44. The number of nitrogens with one attached hydrogen (secondary N) is 1. The zero-order valence-corrected chi connectivity index (χ0v) is 20.3. The van der Waals surface area contributed by atoms with Gasteiger partial charge in [-0.2, -0.15) is 5.26 Å². The lowest BCUT2D eigenvalue weighted by Gasteiger charge is -2.34. The summed E-state index contributed by atoms with van der Waals surface area (Å²) >= 11 is 12.1. The first kappa shape index (κ1) is 23.7. The number of alkyl halides is 1. The van der Waals surface area contributed by atoms with E-state index < -0.39 is 10.0 Å². The van der Waals surface area contributed by atoms with Gasteiger partial charge in [0.1, 0.15) is 18.4 Å². The van der Waals surface area contributed by atoms with Crippen molar-refractivity contribution in [2.45, 2.75) is 18.9 Å². The SMILES string of the molecule is CS(=O)(=O)N[C@H]1C[C@H](COc2ccc3c(ccn3-c3cc(Cl)c(OCCCl)c(C#N)c3)c2)C1. The van der Waals surface area contributed by atoms with E-state index in [0.717, 1.165) is 35.2 Å². The monoisotopic (exact) mass is 507 g/mol. The van der Waals surface area contributed by atoms with Crippen molar-refractivity contribution in [3.05, 3.63) is 53.2 Å². The lowest BCUT2D eigenvalue weighted by molar-refractivity contribution is 0.152.